The van der Waals surface area contributed by atoms with Gasteiger partial charge in [-0.3, -0.25) is 4.79 Å². The van der Waals surface area contributed by atoms with E-state index < -0.39 is 15.9 Å². The van der Waals surface area contributed by atoms with Crippen LogP contribution in [0.1, 0.15) is 11.1 Å². The highest BCUT2D eigenvalue weighted by Crippen LogP contribution is 2.29. The van der Waals surface area contributed by atoms with Crippen LogP contribution in [-0.2, 0) is 14.8 Å². The van der Waals surface area contributed by atoms with Gasteiger partial charge in [0.05, 0.1) is 31.3 Å². The fourth-order valence-electron chi connectivity index (χ4n) is 2.53. The molecule has 0 saturated carbocycles. The quantitative estimate of drug-likeness (QED) is 0.783. The molecule has 0 spiro atoms. The maximum Gasteiger partial charge on any atom is 0.243 e. The van der Waals surface area contributed by atoms with Gasteiger partial charge in [-0.2, -0.15) is 4.31 Å². The monoisotopic (exact) mass is 392 g/mol. The molecule has 7 nitrogen and oxygen atoms in total. The van der Waals surface area contributed by atoms with E-state index in [2.05, 4.69) is 5.32 Å². The van der Waals surface area contributed by atoms with Crippen molar-refractivity contribution in [2.75, 3.05) is 33.1 Å². The molecule has 146 valence electrons. The summed E-state index contributed by atoms with van der Waals surface area (Å²) >= 11 is 0. The van der Waals surface area contributed by atoms with Crippen molar-refractivity contribution in [3.05, 3.63) is 47.5 Å². The predicted molar refractivity (Wildman–Crippen MR) is 104 cm³/mol. The summed E-state index contributed by atoms with van der Waals surface area (Å²) in [6.45, 7) is 3.22. The third-order valence-corrected chi connectivity index (χ3v) is 6.03. The first kappa shape index (κ1) is 20.7. The summed E-state index contributed by atoms with van der Waals surface area (Å²) in [4.78, 5) is 12.6. The second kappa shape index (κ2) is 8.41. The molecule has 0 aliphatic rings. The number of carbonyl (C=O) groups excluding carboxylic acids is 1. The molecule has 0 aromatic heterocycles. The largest absolute Gasteiger partial charge is 0.497 e. The van der Waals surface area contributed by atoms with E-state index in [-0.39, 0.29) is 11.4 Å². The lowest BCUT2D eigenvalue weighted by molar-refractivity contribution is -0.116. The maximum absolute atomic E-state index is 12.8. The molecule has 2 aromatic carbocycles. The highest BCUT2D eigenvalue weighted by atomic mass is 32.2. The Morgan fingerprint density at radius 2 is 1.78 bits per heavy atom. The first-order valence-electron chi connectivity index (χ1n) is 8.24. The number of methoxy groups -OCH3 is 2. The lowest BCUT2D eigenvalue weighted by Gasteiger charge is -2.19. The zero-order chi connectivity index (χ0) is 20.2. The topological polar surface area (TPSA) is 84.9 Å². The van der Waals surface area contributed by atoms with Gasteiger partial charge in [0.25, 0.3) is 0 Å². The second-order valence-electron chi connectivity index (χ2n) is 6.14. The summed E-state index contributed by atoms with van der Waals surface area (Å²) < 4.78 is 37.0. The number of rotatable bonds is 7. The Balaban J connectivity index is 2.17. The molecular weight excluding hydrogens is 368 g/mol. The fraction of sp³-hybridized carbons (Fsp3) is 0.316. The normalized spacial score (nSPS) is 11.3. The van der Waals surface area contributed by atoms with E-state index in [1.165, 1.54) is 21.3 Å². The second-order valence-corrected chi connectivity index (χ2v) is 8.16. The summed E-state index contributed by atoms with van der Waals surface area (Å²) in [6.07, 6.45) is 0. The molecular formula is C19H24N2O5S. The molecule has 0 saturated heterocycles. The Bertz CT molecular complexity index is 941. The average Bonchev–Trinajstić information content (AvgIpc) is 2.63. The van der Waals surface area contributed by atoms with Crippen molar-refractivity contribution >= 4 is 21.6 Å². The molecule has 0 bridgehead atoms. The molecule has 0 fully saturated rings. The van der Waals surface area contributed by atoms with Crippen molar-refractivity contribution in [3.63, 3.8) is 0 Å². The van der Waals surface area contributed by atoms with Gasteiger partial charge in [-0.25, -0.2) is 8.42 Å². The van der Waals surface area contributed by atoms with E-state index >= 15 is 0 Å². The molecule has 0 atom stereocenters. The lowest BCUT2D eigenvalue weighted by Crippen LogP contribution is -2.35. The van der Waals surface area contributed by atoms with Crippen molar-refractivity contribution in [2.24, 2.45) is 0 Å². The molecule has 0 heterocycles. The molecule has 2 rings (SSSR count). The van der Waals surface area contributed by atoms with E-state index in [4.69, 9.17) is 9.47 Å². The van der Waals surface area contributed by atoms with Crippen LogP contribution in [0.25, 0.3) is 0 Å². The van der Waals surface area contributed by atoms with Gasteiger partial charge in [0, 0.05) is 13.1 Å². The van der Waals surface area contributed by atoms with Crippen molar-refractivity contribution < 1.29 is 22.7 Å². The van der Waals surface area contributed by atoms with Gasteiger partial charge in [0.15, 0.2) is 0 Å². The van der Waals surface area contributed by atoms with Gasteiger partial charge in [0.1, 0.15) is 11.5 Å². The van der Waals surface area contributed by atoms with E-state index in [9.17, 15) is 13.2 Å². The number of aryl methyl sites for hydroxylation is 2. The molecule has 27 heavy (non-hydrogen) atoms. The molecule has 0 aliphatic heterocycles. The highest BCUT2D eigenvalue weighted by molar-refractivity contribution is 7.89. The number of nitrogens with zero attached hydrogens (tertiary/aromatic N) is 1. The third kappa shape index (κ3) is 4.78. The van der Waals surface area contributed by atoms with Crippen molar-refractivity contribution in [1.29, 1.82) is 0 Å². The minimum Gasteiger partial charge on any atom is -0.497 e. The third-order valence-electron chi connectivity index (χ3n) is 4.08. The molecule has 1 amide bonds. The van der Waals surface area contributed by atoms with Crippen molar-refractivity contribution in [3.8, 4) is 11.5 Å². The van der Waals surface area contributed by atoms with Crippen LogP contribution in [0.2, 0.25) is 0 Å². The summed E-state index contributed by atoms with van der Waals surface area (Å²) in [6, 6.07) is 10.1. The SMILES string of the molecule is COc1ccc(NC(=O)CN(C)S(=O)(=O)c2cc(C)ccc2C)c(OC)c1. The molecule has 2 aromatic rings. The number of hydrogen-bond donors (Lipinski definition) is 1. The summed E-state index contributed by atoms with van der Waals surface area (Å²) in [5, 5.41) is 2.67. The number of sulfonamides is 1. The van der Waals surface area contributed by atoms with Gasteiger partial charge < -0.3 is 14.8 Å². The first-order valence-corrected chi connectivity index (χ1v) is 9.68. The smallest absolute Gasteiger partial charge is 0.243 e. The Kier molecular flexibility index (Phi) is 6.45. The van der Waals surface area contributed by atoms with Crippen LogP contribution >= 0.6 is 0 Å². The van der Waals surface area contributed by atoms with Crippen LogP contribution in [0.5, 0.6) is 11.5 Å². The van der Waals surface area contributed by atoms with Gasteiger partial charge >= 0.3 is 0 Å². The van der Waals surface area contributed by atoms with E-state index in [0.29, 0.717) is 22.7 Å². The van der Waals surface area contributed by atoms with Crippen LogP contribution < -0.4 is 14.8 Å². The summed E-state index contributed by atoms with van der Waals surface area (Å²) in [7, 11) is 0.594. The number of nitrogens with one attached hydrogen (secondary N) is 1. The molecule has 0 radical (unpaired) electrons. The highest BCUT2D eigenvalue weighted by Gasteiger charge is 2.25. The maximum atomic E-state index is 12.8. The Hall–Kier alpha value is -2.58. The zero-order valence-corrected chi connectivity index (χ0v) is 16.9. The van der Waals surface area contributed by atoms with Crippen molar-refractivity contribution in [2.45, 2.75) is 18.7 Å². The van der Waals surface area contributed by atoms with Crippen molar-refractivity contribution in [1.82, 2.24) is 4.31 Å². The van der Waals surface area contributed by atoms with E-state index in [1.54, 1.807) is 37.3 Å². The number of carbonyl (C=O) groups is 1. The fourth-order valence-corrected chi connectivity index (χ4v) is 3.96. The Morgan fingerprint density at radius 1 is 1.07 bits per heavy atom. The lowest BCUT2D eigenvalue weighted by atomic mass is 10.2. The number of amides is 1. The standard InChI is InChI=1S/C19H24N2O5S/c1-13-6-7-14(2)18(10-13)27(23,24)21(3)12-19(22)20-16-9-8-15(25-4)11-17(16)26-5/h6-11H,12H2,1-5H3,(H,20,22). The number of likely N-dealkylation sites (N-methyl/N-ethyl adjacent to an activating group) is 1. The predicted octanol–water partition coefficient (Wildman–Crippen LogP) is 2.58. The minimum atomic E-state index is -3.78. The average molecular weight is 392 g/mol. The van der Waals surface area contributed by atoms with Crippen LogP contribution in [0.3, 0.4) is 0 Å². The Labute approximate surface area is 160 Å². The van der Waals surface area contributed by atoms with Crippen LogP contribution in [0.4, 0.5) is 5.69 Å². The minimum absolute atomic E-state index is 0.194. The number of ether oxygens (including phenoxy) is 2. The zero-order valence-electron chi connectivity index (χ0n) is 16.1. The van der Waals surface area contributed by atoms with Gasteiger partial charge in [-0.1, -0.05) is 12.1 Å². The van der Waals surface area contributed by atoms with E-state index in [0.717, 1.165) is 9.87 Å². The number of hydrogen-bond acceptors (Lipinski definition) is 5. The van der Waals surface area contributed by atoms with Gasteiger partial charge in [-0.15, -0.1) is 0 Å². The summed E-state index contributed by atoms with van der Waals surface area (Å²) in [5.41, 5.74) is 1.89. The van der Waals surface area contributed by atoms with Crippen LogP contribution in [0.15, 0.2) is 41.3 Å². The van der Waals surface area contributed by atoms with Gasteiger partial charge in [0.2, 0.25) is 15.9 Å². The number of benzene rings is 2. The van der Waals surface area contributed by atoms with Gasteiger partial charge in [-0.05, 0) is 43.2 Å². The Morgan fingerprint density at radius 3 is 2.41 bits per heavy atom. The molecule has 0 unspecified atom stereocenters. The molecule has 0 aliphatic carbocycles. The first-order chi connectivity index (χ1) is 12.7. The van der Waals surface area contributed by atoms with E-state index in [1.807, 2.05) is 13.0 Å². The molecule has 8 heteroatoms. The van der Waals surface area contributed by atoms with Crippen LogP contribution in [0, 0.1) is 13.8 Å². The number of anilines is 1. The molecule has 1 N–H and O–H groups in total. The van der Waals surface area contributed by atoms with Crippen LogP contribution in [-0.4, -0.2) is 46.4 Å². The summed E-state index contributed by atoms with van der Waals surface area (Å²) in [5.74, 6) is 0.525.